The van der Waals surface area contributed by atoms with Gasteiger partial charge in [0.15, 0.2) is 11.5 Å². The molecule has 0 N–H and O–H groups in total. The molecule has 0 aliphatic heterocycles. The molecule has 0 saturated heterocycles. The second-order valence-corrected chi connectivity index (χ2v) is 5.52. The fraction of sp³-hybridized carbons (Fsp3) is 0.100. The first-order valence-corrected chi connectivity index (χ1v) is 7.83. The molecule has 0 unspecified atom stereocenters. The first-order valence-electron chi connectivity index (χ1n) is 7.45. The van der Waals surface area contributed by atoms with Gasteiger partial charge in [-0.25, -0.2) is 0 Å². The van der Waals surface area contributed by atoms with Crippen LogP contribution in [0.4, 0.5) is 0 Å². The van der Waals surface area contributed by atoms with Crippen molar-refractivity contribution in [3.05, 3.63) is 95.0 Å². The predicted molar refractivity (Wildman–Crippen MR) is 93.0 cm³/mol. The minimum Gasteiger partial charge on any atom is -0.485 e. The summed E-state index contributed by atoms with van der Waals surface area (Å²) in [6, 6.07) is 25.5. The summed E-state index contributed by atoms with van der Waals surface area (Å²) in [5, 5.41) is 0.548. The third-order valence-electron chi connectivity index (χ3n) is 3.39. The Bertz CT molecular complexity index is 742. The average molecular weight is 325 g/mol. The number of para-hydroxylation sites is 1. The molecule has 0 aliphatic carbocycles. The third-order valence-corrected chi connectivity index (χ3v) is 3.69. The summed E-state index contributed by atoms with van der Waals surface area (Å²) in [7, 11) is 0. The van der Waals surface area contributed by atoms with E-state index in [0.717, 1.165) is 11.1 Å². The van der Waals surface area contributed by atoms with Gasteiger partial charge in [-0.1, -0.05) is 78.3 Å². The van der Waals surface area contributed by atoms with E-state index in [1.165, 1.54) is 0 Å². The van der Waals surface area contributed by atoms with E-state index in [1.54, 1.807) is 6.07 Å². The largest absolute Gasteiger partial charge is 0.485 e. The second kappa shape index (κ2) is 7.70. The first kappa shape index (κ1) is 15.4. The van der Waals surface area contributed by atoms with Gasteiger partial charge in [0.25, 0.3) is 0 Å². The fourth-order valence-electron chi connectivity index (χ4n) is 2.21. The molecule has 0 radical (unpaired) electrons. The van der Waals surface area contributed by atoms with Gasteiger partial charge in [0.2, 0.25) is 0 Å². The van der Waals surface area contributed by atoms with Crippen LogP contribution in [0.25, 0.3) is 0 Å². The first-order chi connectivity index (χ1) is 11.3. The lowest BCUT2D eigenvalue weighted by atomic mass is 10.2. The highest BCUT2D eigenvalue weighted by Gasteiger charge is 2.10. The Morgan fingerprint density at radius 1 is 0.609 bits per heavy atom. The van der Waals surface area contributed by atoms with Crippen LogP contribution in [0.15, 0.2) is 78.9 Å². The molecule has 0 atom stereocenters. The van der Waals surface area contributed by atoms with Crippen LogP contribution in [0.2, 0.25) is 5.02 Å². The summed E-state index contributed by atoms with van der Waals surface area (Å²) < 4.78 is 11.8. The highest BCUT2D eigenvalue weighted by molar-refractivity contribution is 6.32. The molecule has 0 bridgehead atoms. The van der Waals surface area contributed by atoms with Gasteiger partial charge in [0.05, 0.1) is 5.02 Å². The van der Waals surface area contributed by atoms with Crippen molar-refractivity contribution in [2.24, 2.45) is 0 Å². The van der Waals surface area contributed by atoms with Crippen molar-refractivity contribution in [1.82, 2.24) is 0 Å². The van der Waals surface area contributed by atoms with Crippen molar-refractivity contribution < 1.29 is 9.47 Å². The minimum atomic E-state index is 0.451. The molecule has 0 spiro atoms. The van der Waals surface area contributed by atoms with Crippen molar-refractivity contribution >= 4 is 11.6 Å². The van der Waals surface area contributed by atoms with Gasteiger partial charge in [-0.15, -0.1) is 0 Å². The van der Waals surface area contributed by atoms with Crippen LogP contribution < -0.4 is 9.47 Å². The molecule has 3 aromatic rings. The van der Waals surface area contributed by atoms with E-state index in [0.29, 0.717) is 29.7 Å². The van der Waals surface area contributed by atoms with Crippen LogP contribution >= 0.6 is 11.6 Å². The molecule has 0 aliphatic rings. The van der Waals surface area contributed by atoms with Crippen LogP contribution in [0.1, 0.15) is 11.1 Å². The molecule has 0 fully saturated rings. The third kappa shape index (κ3) is 4.27. The quantitative estimate of drug-likeness (QED) is 0.596. The molecule has 23 heavy (non-hydrogen) atoms. The Labute approximate surface area is 141 Å². The summed E-state index contributed by atoms with van der Waals surface area (Å²) >= 11 is 6.27. The van der Waals surface area contributed by atoms with E-state index in [-0.39, 0.29) is 0 Å². The van der Waals surface area contributed by atoms with E-state index in [2.05, 4.69) is 0 Å². The minimum absolute atomic E-state index is 0.451. The van der Waals surface area contributed by atoms with Gasteiger partial charge in [0, 0.05) is 0 Å². The standard InChI is InChI=1S/C20H17ClO2/c21-18-12-7-13-19(22-14-16-8-3-1-4-9-16)20(18)23-15-17-10-5-2-6-11-17/h1-13H,14-15H2. The van der Waals surface area contributed by atoms with E-state index in [4.69, 9.17) is 21.1 Å². The van der Waals surface area contributed by atoms with Gasteiger partial charge in [-0.3, -0.25) is 0 Å². The maximum Gasteiger partial charge on any atom is 0.180 e. The second-order valence-electron chi connectivity index (χ2n) is 5.12. The van der Waals surface area contributed by atoms with Gasteiger partial charge in [0.1, 0.15) is 13.2 Å². The van der Waals surface area contributed by atoms with E-state index < -0.39 is 0 Å². The van der Waals surface area contributed by atoms with Crippen molar-refractivity contribution in [2.75, 3.05) is 0 Å². The molecule has 0 aromatic heterocycles. The van der Waals surface area contributed by atoms with E-state index in [1.807, 2.05) is 72.8 Å². The molecule has 0 heterocycles. The molecule has 3 aromatic carbocycles. The maximum atomic E-state index is 6.27. The number of halogens is 1. The number of ether oxygens (including phenoxy) is 2. The summed E-state index contributed by atoms with van der Waals surface area (Å²) in [5.41, 5.74) is 2.18. The summed E-state index contributed by atoms with van der Waals surface area (Å²) in [4.78, 5) is 0. The zero-order valence-corrected chi connectivity index (χ0v) is 13.4. The Morgan fingerprint density at radius 3 is 1.78 bits per heavy atom. The molecule has 0 saturated carbocycles. The molecule has 0 amide bonds. The summed E-state index contributed by atoms with van der Waals surface area (Å²) in [5.74, 6) is 1.23. The highest BCUT2D eigenvalue weighted by atomic mass is 35.5. The van der Waals surface area contributed by atoms with Crippen LogP contribution in [0.3, 0.4) is 0 Å². The summed E-state index contributed by atoms with van der Waals surface area (Å²) in [6.45, 7) is 0.926. The lowest BCUT2D eigenvalue weighted by Gasteiger charge is -2.14. The monoisotopic (exact) mass is 324 g/mol. The summed E-state index contributed by atoms with van der Waals surface area (Å²) in [6.07, 6.45) is 0. The lowest BCUT2D eigenvalue weighted by Crippen LogP contribution is -2.01. The van der Waals surface area contributed by atoms with Gasteiger partial charge in [-0.2, -0.15) is 0 Å². The van der Waals surface area contributed by atoms with Gasteiger partial charge in [-0.05, 0) is 23.3 Å². The van der Waals surface area contributed by atoms with Crippen molar-refractivity contribution in [1.29, 1.82) is 0 Å². The average Bonchev–Trinajstić information content (AvgIpc) is 2.61. The predicted octanol–water partition coefficient (Wildman–Crippen LogP) is 5.50. The molecule has 3 rings (SSSR count). The smallest absolute Gasteiger partial charge is 0.180 e. The molecule has 116 valence electrons. The Balaban J connectivity index is 1.71. The molecule has 3 heteroatoms. The van der Waals surface area contributed by atoms with Crippen LogP contribution in [-0.4, -0.2) is 0 Å². The van der Waals surface area contributed by atoms with Crippen molar-refractivity contribution in [2.45, 2.75) is 13.2 Å². The molecular formula is C20H17ClO2. The van der Waals surface area contributed by atoms with Gasteiger partial charge >= 0.3 is 0 Å². The van der Waals surface area contributed by atoms with Crippen LogP contribution in [0, 0.1) is 0 Å². The number of benzene rings is 3. The normalized spacial score (nSPS) is 10.3. The zero-order valence-electron chi connectivity index (χ0n) is 12.6. The van der Waals surface area contributed by atoms with Crippen LogP contribution in [0.5, 0.6) is 11.5 Å². The van der Waals surface area contributed by atoms with E-state index in [9.17, 15) is 0 Å². The van der Waals surface area contributed by atoms with Gasteiger partial charge < -0.3 is 9.47 Å². The lowest BCUT2D eigenvalue weighted by molar-refractivity contribution is 0.256. The van der Waals surface area contributed by atoms with E-state index >= 15 is 0 Å². The number of hydrogen-bond donors (Lipinski definition) is 0. The highest BCUT2D eigenvalue weighted by Crippen LogP contribution is 2.35. The maximum absolute atomic E-state index is 6.27. The fourth-order valence-corrected chi connectivity index (χ4v) is 2.43. The number of rotatable bonds is 6. The molecular weight excluding hydrogens is 308 g/mol. The van der Waals surface area contributed by atoms with Crippen LogP contribution in [-0.2, 0) is 13.2 Å². The number of hydrogen-bond acceptors (Lipinski definition) is 2. The SMILES string of the molecule is Clc1cccc(OCc2ccccc2)c1OCc1ccccc1. The molecule has 2 nitrogen and oxygen atoms in total. The zero-order chi connectivity index (χ0) is 15.9. The van der Waals surface area contributed by atoms with Crippen molar-refractivity contribution in [3.8, 4) is 11.5 Å². The Morgan fingerprint density at radius 2 is 1.17 bits per heavy atom. The Kier molecular flexibility index (Phi) is 5.17. The topological polar surface area (TPSA) is 18.5 Å². The Hall–Kier alpha value is -2.45. The van der Waals surface area contributed by atoms with Crippen molar-refractivity contribution in [3.63, 3.8) is 0 Å².